The molecule has 0 fully saturated rings. The first-order valence-corrected chi connectivity index (χ1v) is 11.3. The first kappa shape index (κ1) is 21.9. The fraction of sp³-hybridized carbons (Fsp3) is 0.455. The van der Waals surface area contributed by atoms with E-state index in [0.717, 1.165) is 16.7 Å². The number of nitrogens with one attached hydrogen (secondary N) is 1. The van der Waals surface area contributed by atoms with Crippen molar-refractivity contribution in [2.24, 2.45) is 0 Å². The van der Waals surface area contributed by atoms with Crippen LogP contribution in [0.2, 0.25) is 5.02 Å². The molecule has 0 amide bonds. The van der Waals surface area contributed by atoms with Gasteiger partial charge in [0.25, 0.3) is 0 Å². The van der Waals surface area contributed by atoms with Crippen LogP contribution in [0.25, 0.3) is 0 Å². The summed E-state index contributed by atoms with van der Waals surface area (Å²) >= 11 is 6.18. The molecule has 0 atom stereocenters. The standard InChI is InChI=1S/C22H30ClNO2S/c1-14(2)18-11-19(15(3)4)22(20(12-18)16(5)6)27(25,26)24-13-17-9-7-8-10-21(17)23/h7-12,14-16,24H,13H2,1-6H3. The molecular formula is C22H30ClNO2S. The van der Waals surface area contributed by atoms with E-state index in [-0.39, 0.29) is 18.4 Å². The van der Waals surface area contributed by atoms with Crippen LogP contribution >= 0.6 is 11.6 Å². The molecule has 0 aliphatic heterocycles. The zero-order valence-electron chi connectivity index (χ0n) is 17.0. The van der Waals surface area contributed by atoms with Crippen molar-refractivity contribution in [1.29, 1.82) is 0 Å². The maximum atomic E-state index is 13.3. The van der Waals surface area contributed by atoms with E-state index in [9.17, 15) is 8.42 Å². The first-order valence-electron chi connectivity index (χ1n) is 9.45. The van der Waals surface area contributed by atoms with E-state index in [1.807, 2.05) is 58.0 Å². The van der Waals surface area contributed by atoms with Gasteiger partial charge in [-0.25, -0.2) is 13.1 Å². The first-order chi connectivity index (χ1) is 12.5. The maximum absolute atomic E-state index is 13.3. The lowest BCUT2D eigenvalue weighted by molar-refractivity contribution is 0.576. The highest BCUT2D eigenvalue weighted by molar-refractivity contribution is 7.89. The smallest absolute Gasteiger partial charge is 0.207 e. The summed E-state index contributed by atoms with van der Waals surface area (Å²) in [6.07, 6.45) is 0. The van der Waals surface area contributed by atoms with Gasteiger partial charge >= 0.3 is 0 Å². The van der Waals surface area contributed by atoms with E-state index in [2.05, 4.69) is 18.6 Å². The zero-order chi connectivity index (χ0) is 20.4. The van der Waals surface area contributed by atoms with E-state index >= 15 is 0 Å². The fourth-order valence-corrected chi connectivity index (χ4v) is 4.99. The second-order valence-electron chi connectivity index (χ2n) is 7.91. The van der Waals surface area contributed by atoms with Crippen molar-refractivity contribution < 1.29 is 8.42 Å². The number of halogens is 1. The minimum absolute atomic E-state index is 0.105. The van der Waals surface area contributed by atoms with Gasteiger partial charge in [0.05, 0.1) is 4.90 Å². The van der Waals surface area contributed by atoms with Crippen LogP contribution < -0.4 is 4.72 Å². The van der Waals surface area contributed by atoms with Crippen molar-refractivity contribution in [3.8, 4) is 0 Å². The SMILES string of the molecule is CC(C)c1cc(C(C)C)c(S(=O)(=O)NCc2ccccc2Cl)c(C(C)C)c1. The van der Waals surface area contributed by atoms with Crippen LogP contribution in [0.1, 0.15) is 81.5 Å². The number of benzene rings is 2. The summed E-state index contributed by atoms with van der Waals surface area (Å²) in [5.74, 6) is 0.550. The number of hydrogen-bond acceptors (Lipinski definition) is 2. The molecule has 0 unspecified atom stereocenters. The van der Waals surface area contributed by atoms with Gasteiger partial charge in [0.2, 0.25) is 10.0 Å². The second kappa shape index (κ2) is 8.76. The highest BCUT2D eigenvalue weighted by Gasteiger charge is 2.26. The lowest BCUT2D eigenvalue weighted by Gasteiger charge is -2.23. The fourth-order valence-electron chi connectivity index (χ4n) is 3.09. The van der Waals surface area contributed by atoms with Crippen molar-refractivity contribution in [2.75, 3.05) is 0 Å². The van der Waals surface area contributed by atoms with Crippen LogP contribution in [0, 0.1) is 0 Å². The Labute approximate surface area is 169 Å². The Balaban J connectivity index is 2.55. The normalized spacial score (nSPS) is 12.4. The Kier molecular flexibility index (Phi) is 7.12. The Morgan fingerprint density at radius 1 is 0.889 bits per heavy atom. The van der Waals surface area contributed by atoms with Gasteiger partial charge in [-0.3, -0.25) is 0 Å². The third-order valence-corrected chi connectivity index (χ3v) is 6.66. The topological polar surface area (TPSA) is 46.2 Å². The van der Waals surface area contributed by atoms with Crippen LogP contribution in [0.5, 0.6) is 0 Å². The van der Waals surface area contributed by atoms with E-state index in [1.165, 1.54) is 5.56 Å². The Hall–Kier alpha value is -1.36. The van der Waals surface area contributed by atoms with Crippen molar-refractivity contribution >= 4 is 21.6 Å². The molecule has 0 radical (unpaired) electrons. The minimum atomic E-state index is -3.68. The summed E-state index contributed by atoms with van der Waals surface area (Å²) in [5.41, 5.74) is 3.68. The van der Waals surface area contributed by atoms with Gasteiger partial charge in [-0.2, -0.15) is 0 Å². The molecule has 0 aliphatic rings. The average molecular weight is 408 g/mol. The molecule has 3 nitrogen and oxygen atoms in total. The average Bonchev–Trinajstić information content (AvgIpc) is 2.59. The molecule has 2 aromatic rings. The van der Waals surface area contributed by atoms with Gasteiger partial charge in [-0.05, 0) is 46.1 Å². The molecule has 0 spiro atoms. The Bertz CT molecular complexity index is 873. The maximum Gasteiger partial charge on any atom is 0.241 e. The number of sulfonamides is 1. The van der Waals surface area contributed by atoms with Crippen LogP contribution in [0.15, 0.2) is 41.3 Å². The highest BCUT2D eigenvalue weighted by atomic mass is 35.5. The Morgan fingerprint density at radius 2 is 1.41 bits per heavy atom. The third kappa shape index (κ3) is 5.13. The van der Waals surface area contributed by atoms with Gasteiger partial charge in [0.1, 0.15) is 0 Å². The van der Waals surface area contributed by atoms with Gasteiger partial charge in [-0.15, -0.1) is 0 Å². The van der Waals surface area contributed by atoms with Gasteiger partial charge in [0, 0.05) is 11.6 Å². The molecule has 2 aromatic carbocycles. The molecule has 0 heterocycles. The van der Waals surface area contributed by atoms with E-state index in [0.29, 0.717) is 15.8 Å². The van der Waals surface area contributed by atoms with E-state index < -0.39 is 10.0 Å². The van der Waals surface area contributed by atoms with E-state index in [1.54, 1.807) is 6.07 Å². The minimum Gasteiger partial charge on any atom is -0.207 e. The van der Waals surface area contributed by atoms with Crippen LogP contribution in [-0.4, -0.2) is 8.42 Å². The van der Waals surface area contributed by atoms with Crippen molar-refractivity contribution in [3.05, 3.63) is 63.7 Å². The van der Waals surface area contributed by atoms with Crippen LogP contribution in [0.3, 0.4) is 0 Å². The quantitative estimate of drug-likeness (QED) is 0.594. The molecule has 27 heavy (non-hydrogen) atoms. The summed E-state index contributed by atoms with van der Waals surface area (Å²) in [4.78, 5) is 0.420. The zero-order valence-corrected chi connectivity index (χ0v) is 18.6. The number of hydrogen-bond donors (Lipinski definition) is 1. The summed E-state index contributed by atoms with van der Waals surface area (Å²) in [5, 5.41) is 0.559. The van der Waals surface area contributed by atoms with E-state index in [4.69, 9.17) is 11.6 Å². The lowest BCUT2D eigenvalue weighted by Crippen LogP contribution is -2.26. The number of rotatable bonds is 7. The van der Waals surface area contributed by atoms with Gasteiger partial charge < -0.3 is 0 Å². The Morgan fingerprint density at radius 3 is 1.85 bits per heavy atom. The summed E-state index contributed by atoms with van der Waals surface area (Å²) in [7, 11) is -3.68. The molecule has 1 N–H and O–H groups in total. The predicted octanol–water partition coefficient (Wildman–Crippen LogP) is 6.19. The highest BCUT2D eigenvalue weighted by Crippen LogP contribution is 2.35. The van der Waals surface area contributed by atoms with Crippen LogP contribution in [0.4, 0.5) is 0 Å². The summed E-state index contributed by atoms with van der Waals surface area (Å²) < 4.78 is 29.3. The van der Waals surface area contributed by atoms with Crippen molar-refractivity contribution in [3.63, 3.8) is 0 Å². The van der Waals surface area contributed by atoms with Crippen molar-refractivity contribution in [1.82, 2.24) is 4.72 Å². The van der Waals surface area contributed by atoms with Crippen molar-refractivity contribution in [2.45, 2.75) is 70.7 Å². The van der Waals surface area contributed by atoms with Crippen LogP contribution in [-0.2, 0) is 16.6 Å². The molecule has 0 saturated heterocycles. The second-order valence-corrected chi connectivity index (χ2v) is 10.0. The molecule has 2 rings (SSSR count). The molecule has 0 bridgehead atoms. The predicted molar refractivity (Wildman–Crippen MR) is 114 cm³/mol. The van der Waals surface area contributed by atoms with Gasteiger partial charge in [-0.1, -0.05) is 83.5 Å². The van der Waals surface area contributed by atoms with Gasteiger partial charge in [0.15, 0.2) is 0 Å². The largest absolute Gasteiger partial charge is 0.241 e. The monoisotopic (exact) mass is 407 g/mol. The molecule has 0 aromatic heterocycles. The molecule has 148 valence electrons. The molecule has 5 heteroatoms. The third-order valence-electron chi connectivity index (χ3n) is 4.76. The molecule has 0 aliphatic carbocycles. The summed E-state index contributed by atoms with van der Waals surface area (Å²) in [6.45, 7) is 12.6. The molecular weight excluding hydrogens is 378 g/mol. The lowest BCUT2D eigenvalue weighted by atomic mass is 9.89. The molecule has 0 saturated carbocycles. The summed E-state index contributed by atoms with van der Waals surface area (Å²) in [6, 6.07) is 11.4.